The second kappa shape index (κ2) is 7.27. The molecule has 2 unspecified atom stereocenters. The molecule has 0 aliphatic carbocycles. The van der Waals surface area contributed by atoms with Gasteiger partial charge in [-0.05, 0) is 50.7 Å². The number of carboxylic acid groups (broad SMARTS) is 1. The highest BCUT2D eigenvalue weighted by Crippen LogP contribution is 2.25. The van der Waals surface area contributed by atoms with Crippen molar-refractivity contribution in [1.29, 1.82) is 0 Å². The number of rotatable bonds is 5. The summed E-state index contributed by atoms with van der Waals surface area (Å²) in [5, 5.41) is 9.13. The van der Waals surface area contributed by atoms with Crippen molar-refractivity contribution in [3.05, 3.63) is 21.4 Å². The predicted octanol–water partition coefficient (Wildman–Crippen LogP) is 3.26. The molecule has 4 nitrogen and oxygen atoms in total. The van der Waals surface area contributed by atoms with Gasteiger partial charge in [0.1, 0.15) is 0 Å². The Kier molecular flexibility index (Phi) is 5.62. The van der Waals surface area contributed by atoms with Crippen molar-refractivity contribution in [3.63, 3.8) is 0 Å². The summed E-state index contributed by atoms with van der Waals surface area (Å²) >= 11 is 1.81. The molecule has 0 aromatic carbocycles. The summed E-state index contributed by atoms with van der Waals surface area (Å²) in [6.45, 7) is 7.33. The lowest BCUT2D eigenvalue weighted by atomic mass is 9.87. The van der Waals surface area contributed by atoms with Crippen molar-refractivity contribution >= 4 is 23.2 Å². The number of carbonyl (C=O) groups excluding carboxylic acids is 1. The fourth-order valence-corrected chi connectivity index (χ4v) is 4.24. The number of carbonyl (C=O) groups is 2. The van der Waals surface area contributed by atoms with Gasteiger partial charge < -0.3 is 10.0 Å². The molecule has 1 amide bonds. The lowest BCUT2D eigenvalue weighted by Gasteiger charge is -2.35. The van der Waals surface area contributed by atoms with Crippen LogP contribution < -0.4 is 0 Å². The van der Waals surface area contributed by atoms with Gasteiger partial charge in [0.25, 0.3) is 0 Å². The van der Waals surface area contributed by atoms with Gasteiger partial charge in [-0.25, -0.2) is 0 Å². The zero-order valence-corrected chi connectivity index (χ0v) is 14.4. The van der Waals surface area contributed by atoms with E-state index in [-0.39, 0.29) is 17.7 Å². The van der Waals surface area contributed by atoms with Crippen LogP contribution >= 0.6 is 11.3 Å². The van der Waals surface area contributed by atoms with Crippen LogP contribution in [0.15, 0.2) is 6.07 Å². The number of thiophene rings is 1. The Morgan fingerprint density at radius 1 is 1.41 bits per heavy atom. The minimum absolute atomic E-state index is 0.0389. The van der Waals surface area contributed by atoms with Gasteiger partial charge in [0.15, 0.2) is 0 Å². The van der Waals surface area contributed by atoms with E-state index in [0.717, 1.165) is 12.8 Å². The third kappa shape index (κ3) is 4.09. The Morgan fingerprint density at radius 3 is 2.68 bits per heavy atom. The molecular formula is C17H25NO3S. The first-order valence-electron chi connectivity index (χ1n) is 7.95. The fraction of sp³-hybridized carbons (Fsp3) is 0.647. The second-order valence-electron chi connectivity index (χ2n) is 6.34. The molecule has 2 rings (SSSR count). The zero-order valence-electron chi connectivity index (χ0n) is 13.6. The number of aryl methyl sites for hydroxylation is 3. The van der Waals surface area contributed by atoms with Crippen molar-refractivity contribution in [2.24, 2.45) is 11.8 Å². The predicted molar refractivity (Wildman–Crippen MR) is 88.2 cm³/mol. The molecular weight excluding hydrogens is 298 g/mol. The van der Waals surface area contributed by atoms with Gasteiger partial charge in [0.2, 0.25) is 5.91 Å². The molecule has 0 saturated carbocycles. The molecule has 1 aromatic heterocycles. The van der Waals surface area contributed by atoms with Crippen molar-refractivity contribution in [3.8, 4) is 0 Å². The number of amides is 1. The Morgan fingerprint density at radius 2 is 2.14 bits per heavy atom. The summed E-state index contributed by atoms with van der Waals surface area (Å²) in [6.07, 6.45) is 2.94. The highest BCUT2D eigenvalue weighted by atomic mass is 32.1. The molecule has 0 radical (unpaired) electrons. The fourth-order valence-electron chi connectivity index (χ4n) is 3.26. The molecule has 1 saturated heterocycles. The molecule has 1 aliphatic heterocycles. The van der Waals surface area contributed by atoms with E-state index >= 15 is 0 Å². The smallest absolute Gasteiger partial charge is 0.306 e. The van der Waals surface area contributed by atoms with Crippen molar-refractivity contribution in [2.75, 3.05) is 13.1 Å². The van der Waals surface area contributed by atoms with Crippen molar-refractivity contribution in [1.82, 2.24) is 4.90 Å². The van der Waals surface area contributed by atoms with Crippen LogP contribution in [0.5, 0.6) is 0 Å². The summed E-state index contributed by atoms with van der Waals surface area (Å²) < 4.78 is 0. The van der Waals surface area contributed by atoms with E-state index in [1.165, 1.54) is 15.3 Å². The van der Waals surface area contributed by atoms with Crippen LogP contribution in [0.1, 0.15) is 41.5 Å². The lowest BCUT2D eigenvalue weighted by Crippen LogP contribution is -2.44. The molecule has 122 valence electrons. The molecule has 2 heterocycles. The molecule has 1 N–H and O–H groups in total. The van der Waals surface area contributed by atoms with Crippen LogP contribution in [0, 0.1) is 25.7 Å². The Bertz CT molecular complexity index is 552. The summed E-state index contributed by atoms with van der Waals surface area (Å²) in [6, 6.07) is 2.21. The molecule has 22 heavy (non-hydrogen) atoms. The van der Waals surface area contributed by atoms with E-state index in [1.54, 1.807) is 0 Å². The standard InChI is InChI=1S/C17H25NO3S/c1-11-10-18(8-7-15(11)17(20)21)16(19)6-4-5-14-9-12(2)22-13(14)3/h9,11,15H,4-8,10H2,1-3H3,(H,20,21). The SMILES string of the molecule is Cc1cc(CCCC(=O)N2CCC(C(=O)O)C(C)C2)c(C)s1. The first kappa shape index (κ1) is 17.0. The number of likely N-dealkylation sites (tertiary alicyclic amines) is 1. The molecule has 5 heteroatoms. The van der Waals surface area contributed by atoms with Gasteiger partial charge in [-0.2, -0.15) is 0 Å². The Hall–Kier alpha value is -1.36. The first-order chi connectivity index (χ1) is 10.4. The number of hydrogen-bond donors (Lipinski definition) is 1. The molecule has 0 spiro atoms. The number of piperidine rings is 1. The molecule has 1 aliphatic rings. The maximum absolute atomic E-state index is 12.3. The number of aliphatic carboxylic acids is 1. The van der Waals surface area contributed by atoms with Crippen LogP contribution in [-0.2, 0) is 16.0 Å². The highest BCUT2D eigenvalue weighted by molar-refractivity contribution is 7.12. The van der Waals surface area contributed by atoms with Gasteiger partial charge in [-0.1, -0.05) is 6.92 Å². The number of hydrogen-bond acceptors (Lipinski definition) is 3. The first-order valence-corrected chi connectivity index (χ1v) is 8.76. The van der Waals surface area contributed by atoms with Gasteiger partial charge in [-0.3, -0.25) is 9.59 Å². The van der Waals surface area contributed by atoms with E-state index in [0.29, 0.717) is 25.9 Å². The van der Waals surface area contributed by atoms with Crippen LogP contribution in [0.25, 0.3) is 0 Å². The monoisotopic (exact) mass is 323 g/mol. The average molecular weight is 323 g/mol. The maximum Gasteiger partial charge on any atom is 0.306 e. The molecule has 1 fully saturated rings. The highest BCUT2D eigenvalue weighted by Gasteiger charge is 2.32. The topological polar surface area (TPSA) is 57.6 Å². The van der Waals surface area contributed by atoms with E-state index in [4.69, 9.17) is 5.11 Å². The van der Waals surface area contributed by atoms with Gasteiger partial charge in [-0.15, -0.1) is 11.3 Å². The summed E-state index contributed by atoms with van der Waals surface area (Å²) in [5.41, 5.74) is 1.35. The minimum Gasteiger partial charge on any atom is -0.481 e. The van der Waals surface area contributed by atoms with Crippen molar-refractivity contribution < 1.29 is 14.7 Å². The minimum atomic E-state index is -0.733. The van der Waals surface area contributed by atoms with Crippen LogP contribution in [0.2, 0.25) is 0 Å². The third-order valence-corrected chi connectivity index (χ3v) is 5.56. The Balaban J connectivity index is 1.78. The number of nitrogens with zero attached hydrogens (tertiary/aromatic N) is 1. The zero-order chi connectivity index (χ0) is 16.3. The molecule has 1 aromatic rings. The quantitative estimate of drug-likeness (QED) is 0.905. The van der Waals surface area contributed by atoms with Crippen LogP contribution in [0.4, 0.5) is 0 Å². The largest absolute Gasteiger partial charge is 0.481 e. The van der Waals surface area contributed by atoms with E-state index in [1.807, 2.05) is 23.2 Å². The normalized spacial score (nSPS) is 21.9. The van der Waals surface area contributed by atoms with Crippen LogP contribution in [0.3, 0.4) is 0 Å². The van der Waals surface area contributed by atoms with Crippen molar-refractivity contribution in [2.45, 2.75) is 46.5 Å². The Labute approximate surface area is 136 Å². The lowest BCUT2D eigenvalue weighted by molar-refractivity contribution is -0.148. The number of carboxylic acids is 1. The summed E-state index contributed by atoms with van der Waals surface area (Å²) in [5.74, 6) is -0.833. The van der Waals surface area contributed by atoms with E-state index in [2.05, 4.69) is 19.9 Å². The summed E-state index contributed by atoms with van der Waals surface area (Å²) in [4.78, 5) is 27.9. The molecule has 2 atom stereocenters. The maximum atomic E-state index is 12.3. The van der Waals surface area contributed by atoms with E-state index in [9.17, 15) is 9.59 Å². The van der Waals surface area contributed by atoms with Gasteiger partial charge in [0, 0.05) is 29.3 Å². The molecule has 0 bridgehead atoms. The summed E-state index contributed by atoms with van der Waals surface area (Å²) in [7, 11) is 0. The average Bonchev–Trinajstić information content (AvgIpc) is 2.76. The second-order valence-corrected chi connectivity index (χ2v) is 7.80. The van der Waals surface area contributed by atoms with Crippen LogP contribution in [-0.4, -0.2) is 35.0 Å². The third-order valence-electron chi connectivity index (χ3n) is 4.56. The van der Waals surface area contributed by atoms with Gasteiger partial charge in [0.05, 0.1) is 5.92 Å². The van der Waals surface area contributed by atoms with E-state index < -0.39 is 5.97 Å². The van der Waals surface area contributed by atoms with Gasteiger partial charge >= 0.3 is 5.97 Å².